The van der Waals surface area contributed by atoms with Crippen LogP contribution in [-0.4, -0.2) is 321 Å². The van der Waals surface area contributed by atoms with Gasteiger partial charge in [0, 0.05) is 0 Å². The molecule has 6 heterocycles. The third-order valence-electron chi connectivity index (χ3n) is 12.5. The molecule has 0 amide bonds. The zero-order valence-electron chi connectivity index (χ0n) is 35.1. The average molecular weight is 990 g/mol. The van der Waals surface area contributed by atoms with Crippen LogP contribution in [0.2, 0.25) is 0 Å². The summed E-state index contributed by atoms with van der Waals surface area (Å²) < 4.78 is 61.0. The summed E-state index contributed by atoms with van der Waals surface area (Å²) in [5.74, 6) is 0. The molecule has 6 fully saturated rings. The fraction of sp³-hybridized carbons (Fsp3) is 1.00. The summed E-state index contributed by atoms with van der Waals surface area (Å²) in [5, 5.41) is 200. The van der Waals surface area contributed by atoms with E-state index in [9.17, 15) is 97.0 Å². The Morgan fingerprint density at radius 2 is 0.761 bits per heavy atom. The molecule has 0 bridgehead atoms. The van der Waals surface area contributed by atoms with E-state index in [1.54, 1.807) is 0 Å². The second kappa shape index (κ2) is 23.5. The van der Waals surface area contributed by atoms with Crippen LogP contribution >= 0.6 is 0 Å². The van der Waals surface area contributed by atoms with Crippen molar-refractivity contribution in [3.8, 4) is 0 Å². The minimum atomic E-state index is -2.21. The highest BCUT2D eigenvalue weighted by Gasteiger charge is 2.58. The summed E-state index contributed by atoms with van der Waals surface area (Å²) in [6, 6.07) is -1.47. The van der Waals surface area contributed by atoms with E-state index in [4.69, 9.17) is 57.8 Å². The van der Waals surface area contributed by atoms with E-state index in [2.05, 4.69) is 0 Å². The number of ether oxygens (including phenoxy) is 11. The van der Waals surface area contributed by atoms with E-state index in [1.165, 1.54) is 0 Å². The van der Waals surface area contributed by atoms with E-state index >= 15 is 0 Å². The second-order valence-electron chi connectivity index (χ2n) is 16.9. The number of hydrogen-bond acceptors (Lipinski definition) is 31. The Labute approximate surface area is 378 Å². The molecule has 30 atom stereocenters. The van der Waals surface area contributed by atoms with Gasteiger partial charge in [-0.05, 0) is 0 Å². The van der Waals surface area contributed by atoms with Gasteiger partial charge in [0.1, 0.15) is 140 Å². The summed E-state index contributed by atoms with van der Waals surface area (Å²) in [6.45, 7) is -5.43. The van der Waals surface area contributed by atoms with Crippen LogP contribution in [0.25, 0.3) is 0 Å². The van der Waals surface area contributed by atoms with Crippen LogP contribution in [-0.2, 0) is 52.1 Å². The van der Waals surface area contributed by atoms with E-state index < -0.39 is 224 Å². The Balaban J connectivity index is 1.15. The molecule has 31 heteroatoms. The summed E-state index contributed by atoms with van der Waals surface area (Å²) in [4.78, 5) is 0. The molecule has 0 unspecified atom stereocenters. The van der Waals surface area contributed by atoms with E-state index in [0.29, 0.717) is 0 Å². The van der Waals surface area contributed by atoms with Crippen molar-refractivity contribution in [2.75, 3.05) is 39.6 Å². The lowest BCUT2D eigenvalue weighted by molar-refractivity contribution is -0.380. The maximum absolute atomic E-state index is 11.5. The van der Waals surface area contributed by atoms with Crippen LogP contribution in [0.1, 0.15) is 0 Å². The van der Waals surface area contributed by atoms with Crippen LogP contribution in [0.5, 0.6) is 0 Å². The molecule has 0 aromatic heterocycles. The average Bonchev–Trinajstić information content (AvgIpc) is 3.62. The normalized spacial score (nSPS) is 52.6. The predicted molar refractivity (Wildman–Crippen MR) is 201 cm³/mol. The van der Waals surface area contributed by atoms with Crippen LogP contribution in [0.15, 0.2) is 0 Å². The molecule has 6 aliphatic rings. The molecule has 21 N–H and O–H groups in total. The van der Waals surface area contributed by atoms with Gasteiger partial charge in [0.15, 0.2) is 37.7 Å². The Morgan fingerprint density at radius 3 is 1.27 bits per heavy atom. The van der Waals surface area contributed by atoms with Crippen molar-refractivity contribution in [1.29, 1.82) is 0 Å². The van der Waals surface area contributed by atoms with Crippen molar-refractivity contribution in [2.24, 2.45) is 5.73 Å². The lowest BCUT2D eigenvalue weighted by atomic mass is 9.95. The molecule has 0 radical (unpaired) electrons. The molecular formula is C36H63NO30. The second-order valence-corrected chi connectivity index (χ2v) is 16.9. The summed E-state index contributed by atoms with van der Waals surface area (Å²) >= 11 is 0. The van der Waals surface area contributed by atoms with Crippen LogP contribution < -0.4 is 5.73 Å². The van der Waals surface area contributed by atoms with Gasteiger partial charge < -0.3 is 155 Å². The van der Waals surface area contributed by atoms with E-state index in [0.717, 1.165) is 0 Å². The predicted octanol–water partition coefficient (Wildman–Crippen LogP) is -14.1. The monoisotopic (exact) mass is 989 g/mol. The smallest absolute Gasteiger partial charge is 0.187 e. The molecule has 6 aliphatic heterocycles. The fourth-order valence-electron chi connectivity index (χ4n) is 8.45. The van der Waals surface area contributed by atoms with Crippen molar-refractivity contribution in [3.05, 3.63) is 0 Å². The van der Waals surface area contributed by atoms with Gasteiger partial charge in [0.25, 0.3) is 0 Å². The minimum absolute atomic E-state index is 0.779. The van der Waals surface area contributed by atoms with Crippen molar-refractivity contribution in [3.63, 3.8) is 0 Å². The first-order chi connectivity index (χ1) is 31.7. The van der Waals surface area contributed by atoms with E-state index in [-0.39, 0.29) is 0 Å². The summed E-state index contributed by atoms with van der Waals surface area (Å²) in [6.07, 6.45) is -54.2. The largest absolute Gasteiger partial charge is 0.394 e. The maximum atomic E-state index is 11.5. The molecule has 0 aromatic rings. The zero-order chi connectivity index (χ0) is 49.3. The highest BCUT2D eigenvalue weighted by molar-refractivity contribution is 5.00. The molecule has 6 saturated heterocycles. The first-order valence-electron chi connectivity index (χ1n) is 21.2. The minimum Gasteiger partial charge on any atom is -0.394 e. The number of aliphatic hydroxyl groups is 19. The third kappa shape index (κ3) is 11.4. The summed E-state index contributed by atoms with van der Waals surface area (Å²) in [7, 11) is 0. The molecule has 392 valence electrons. The van der Waals surface area contributed by atoms with E-state index in [1.807, 2.05) is 0 Å². The number of aliphatic hydroxyl groups excluding tert-OH is 19. The highest BCUT2D eigenvalue weighted by atomic mass is 16.8. The SMILES string of the molecule is N[C@@H]1[C@@H](O)[C@H](O[C@H]2O[C@H](CO)[C@@H](O)[C@H](O[C@H]3O[C@H](CO)[C@@H](O)[C@H](O[C@H]4O[C@@H]([C@H](O)CO)[C@H](O[C@H]5O[C@H](CO[C@H]6O[C@H](CO)[C@H](O)[C@H](O)[C@H]6O)[C@H](O)[C@H](O)[C@H]5O)[C@H]4O)[C@@H]3O)[C@@H]2O)[C@@H](CO)O[C@@H]1O. The molecule has 0 spiro atoms. The van der Waals surface area contributed by atoms with Gasteiger partial charge in [-0.15, -0.1) is 0 Å². The Bertz CT molecular complexity index is 1510. The summed E-state index contributed by atoms with van der Waals surface area (Å²) in [5.41, 5.74) is 5.76. The highest BCUT2D eigenvalue weighted by Crippen LogP contribution is 2.37. The third-order valence-corrected chi connectivity index (χ3v) is 12.5. The molecule has 0 saturated carbocycles. The van der Waals surface area contributed by atoms with Gasteiger partial charge in [-0.3, -0.25) is 0 Å². The number of hydrogen-bond donors (Lipinski definition) is 20. The zero-order valence-corrected chi connectivity index (χ0v) is 35.1. The van der Waals surface area contributed by atoms with Crippen LogP contribution in [0.4, 0.5) is 0 Å². The van der Waals surface area contributed by atoms with Crippen molar-refractivity contribution < 1.29 is 149 Å². The van der Waals surface area contributed by atoms with Crippen molar-refractivity contribution >= 4 is 0 Å². The fourth-order valence-corrected chi connectivity index (χ4v) is 8.45. The van der Waals surface area contributed by atoms with Gasteiger partial charge in [-0.2, -0.15) is 0 Å². The van der Waals surface area contributed by atoms with Gasteiger partial charge in [-0.1, -0.05) is 0 Å². The number of nitrogens with two attached hydrogens (primary N) is 1. The van der Waals surface area contributed by atoms with Crippen LogP contribution in [0, 0.1) is 0 Å². The molecule has 67 heavy (non-hydrogen) atoms. The maximum Gasteiger partial charge on any atom is 0.187 e. The lowest BCUT2D eigenvalue weighted by Crippen LogP contribution is -2.67. The lowest BCUT2D eigenvalue weighted by Gasteiger charge is -2.48. The van der Waals surface area contributed by atoms with Gasteiger partial charge in [0.2, 0.25) is 0 Å². The van der Waals surface area contributed by atoms with Gasteiger partial charge >= 0.3 is 0 Å². The molecular weight excluding hydrogens is 926 g/mol. The van der Waals surface area contributed by atoms with Gasteiger partial charge in [-0.25, -0.2) is 0 Å². The molecule has 31 nitrogen and oxygen atoms in total. The standard InChI is InChI=1S/C36H63NO30/c37-13-18(48)27(11(5-42)58-31(13)56)64-34-23(53)28(16(46)9(3-40)60-34)65-35-24(54)29(17(47)10(4-41)61-35)66-36-25(55)30(26(63-36)7(43)1-38)67-33-22(52)20(50)15(45)12(62-33)6-57-32-21(51)19(49)14(44)8(2-39)59-32/h7-36,38-56H,1-6,37H2/t7-,8-,9-,10-,11-,12-,13-,14+,15+,16-,17-,18-,19+,20+,21-,22-,23+,24+,25-,26+,27-,28+,29+,30-,31+,32+,33-,34-,35-,36-/m1/s1. The van der Waals surface area contributed by atoms with Crippen molar-refractivity contribution in [2.45, 2.75) is 184 Å². The number of rotatable bonds is 17. The molecule has 6 rings (SSSR count). The molecule has 0 aromatic carbocycles. The Kier molecular flexibility index (Phi) is 19.4. The quantitative estimate of drug-likeness (QED) is 0.0643. The van der Waals surface area contributed by atoms with Gasteiger partial charge in [0.05, 0.1) is 45.7 Å². The first kappa shape index (κ1) is 55.1. The Morgan fingerprint density at radius 1 is 0.373 bits per heavy atom. The Hall–Kier alpha value is -1.24. The van der Waals surface area contributed by atoms with Crippen molar-refractivity contribution in [1.82, 2.24) is 0 Å². The van der Waals surface area contributed by atoms with Crippen LogP contribution in [0.3, 0.4) is 0 Å². The topological polar surface area (TPSA) is 512 Å². The first-order valence-corrected chi connectivity index (χ1v) is 21.2. The molecule has 0 aliphatic carbocycles.